The standard InChI is InChI=1S/C22H29N5O5S/c1-26-18(21(30)27(8-10-28)9-11-29)13-19(24-26)33(32)25-22(31)23-20-16-6-2-4-14(16)12-15-5-3-7-17(15)20/h12-13,28-29H,2-11H2,1H3,(H2,23,25,31). The van der Waals surface area contributed by atoms with E-state index in [9.17, 15) is 13.8 Å². The zero-order valence-corrected chi connectivity index (χ0v) is 19.4. The number of carbonyl (C=O) groups excluding carboxylic acids is 2. The number of aliphatic hydroxyl groups excluding tert-OH is 2. The van der Waals surface area contributed by atoms with Crippen molar-refractivity contribution in [2.45, 2.75) is 43.6 Å². The van der Waals surface area contributed by atoms with Crippen LogP contribution in [0.1, 0.15) is 45.6 Å². The topological polar surface area (TPSA) is 137 Å². The van der Waals surface area contributed by atoms with Crippen molar-refractivity contribution in [1.29, 1.82) is 0 Å². The third-order valence-electron chi connectivity index (χ3n) is 6.19. The Morgan fingerprint density at radius 2 is 1.67 bits per heavy atom. The van der Waals surface area contributed by atoms with Crippen molar-refractivity contribution in [2.75, 3.05) is 31.6 Å². The van der Waals surface area contributed by atoms with Crippen LogP contribution in [0.3, 0.4) is 0 Å². The van der Waals surface area contributed by atoms with Crippen molar-refractivity contribution >= 4 is 28.6 Å². The monoisotopic (exact) mass is 475 g/mol. The first kappa shape index (κ1) is 23.4. The van der Waals surface area contributed by atoms with Crippen molar-refractivity contribution in [2.24, 2.45) is 7.05 Å². The van der Waals surface area contributed by atoms with Gasteiger partial charge in [-0.2, -0.15) is 5.10 Å². The molecule has 2 aliphatic rings. The average molecular weight is 476 g/mol. The van der Waals surface area contributed by atoms with E-state index in [-0.39, 0.29) is 37.0 Å². The summed E-state index contributed by atoms with van der Waals surface area (Å²) in [7, 11) is -0.445. The van der Waals surface area contributed by atoms with Gasteiger partial charge in [-0.1, -0.05) is 6.07 Å². The van der Waals surface area contributed by atoms with Crippen LogP contribution in [0, 0.1) is 0 Å². The van der Waals surface area contributed by atoms with Crippen LogP contribution in [0.2, 0.25) is 0 Å². The van der Waals surface area contributed by atoms with Gasteiger partial charge in [0.25, 0.3) is 5.91 Å². The zero-order valence-electron chi connectivity index (χ0n) is 18.6. The zero-order chi connectivity index (χ0) is 23.5. The number of carbonyl (C=O) groups is 2. The molecule has 0 radical (unpaired) electrons. The van der Waals surface area contributed by atoms with E-state index in [2.05, 4.69) is 21.2 Å². The second-order valence-electron chi connectivity index (χ2n) is 8.29. The maximum atomic E-state index is 12.8. The number of nitrogens with one attached hydrogen (secondary N) is 2. The molecule has 1 heterocycles. The molecule has 0 saturated heterocycles. The van der Waals surface area contributed by atoms with Crippen LogP contribution in [0.25, 0.3) is 0 Å². The van der Waals surface area contributed by atoms with Crippen LogP contribution < -0.4 is 10.0 Å². The summed E-state index contributed by atoms with van der Waals surface area (Å²) in [4.78, 5) is 26.7. The van der Waals surface area contributed by atoms with E-state index in [0.717, 1.165) is 44.2 Å². The minimum Gasteiger partial charge on any atom is -0.395 e. The summed E-state index contributed by atoms with van der Waals surface area (Å²) in [6.07, 6.45) is 6.00. The fourth-order valence-corrected chi connectivity index (χ4v) is 5.43. The Hall–Kier alpha value is -2.76. The molecule has 4 N–H and O–H groups in total. The van der Waals surface area contributed by atoms with Gasteiger partial charge in [0.15, 0.2) is 16.0 Å². The summed E-state index contributed by atoms with van der Waals surface area (Å²) in [5.41, 5.74) is 5.92. The third-order valence-corrected chi connectivity index (χ3v) is 7.14. The van der Waals surface area contributed by atoms with Gasteiger partial charge in [-0.3, -0.25) is 14.2 Å². The molecule has 1 aromatic carbocycles. The van der Waals surface area contributed by atoms with Gasteiger partial charge in [-0.05, 0) is 60.8 Å². The number of amides is 3. The minimum absolute atomic E-state index is 0.0347. The molecule has 2 aliphatic carbocycles. The number of hydrogen-bond donors (Lipinski definition) is 4. The van der Waals surface area contributed by atoms with Crippen LogP contribution in [0.15, 0.2) is 17.2 Å². The normalized spacial score (nSPS) is 15.1. The molecule has 178 valence electrons. The van der Waals surface area contributed by atoms with Crippen LogP contribution in [0.4, 0.5) is 10.5 Å². The number of hydrogen-bond acceptors (Lipinski definition) is 6. The van der Waals surface area contributed by atoms with Crippen molar-refractivity contribution < 1.29 is 24.0 Å². The first-order chi connectivity index (χ1) is 15.9. The molecule has 2 aromatic rings. The van der Waals surface area contributed by atoms with Crippen molar-refractivity contribution in [3.8, 4) is 0 Å². The van der Waals surface area contributed by atoms with Crippen molar-refractivity contribution in [3.05, 3.63) is 40.1 Å². The van der Waals surface area contributed by atoms with E-state index in [1.807, 2.05) is 0 Å². The van der Waals surface area contributed by atoms with Gasteiger partial charge in [0.2, 0.25) is 0 Å². The number of benzene rings is 1. The van der Waals surface area contributed by atoms with E-state index in [1.54, 1.807) is 0 Å². The smallest absolute Gasteiger partial charge is 0.331 e. The quantitative estimate of drug-likeness (QED) is 0.443. The maximum absolute atomic E-state index is 12.8. The summed E-state index contributed by atoms with van der Waals surface area (Å²) in [5, 5.41) is 25.4. The fraction of sp³-hybridized carbons (Fsp3) is 0.500. The van der Waals surface area contributed by atoms with Crippen molar-refractivity contribution in [1.82, 2.24) is 19.4 Å². The second-order valence-corrected chi connectivity index (χ2v) is 9.45. The lowest BCUT2D eigenvalue weighted by Gasteiger charge is -2.20. The van der Waals surface area contributed by atoms with Crippen molar-refractivity contribution in [3.63, 3.8) is 0 Å². The van der Waals surface area contributed by atoms with Crippen LogP contribution in [-0.4, -0.2) is 67.3 Å². The van der Waals surface area contributed by atoms with E-state index in [4.69, 9.17) is 10.2 Å². The number of aryl methyl sites for hydroxylation is 3. The SMILES string of the molecule is Cn1nc(S(=O)NC(=O)Nc2c3c(cc4c2CCC4)CCC3)cc1C(=O)N(CCO)CCO. The van der Waals surface area contributed by atoms with Gasteiger partial charge in [0.1, 0.15) is 5.69 Å². The minimum atomic E-state index is -1.97. The Kier molecular flexibility index (Phi) is 7.11. The molecule has 10 nitrogen and oxygen atoms in total. The molecule has 0 aliphatic heterocycles. The largest absolute Gasteiger partial charge is 0.395 e. The molecule has 0 spiro atoms. The maximum Gasteiger partial charge on any atom is 0.331 e. The summed E-state index contributed by atoms with van der Waals surface area (Å²) in [6.45, 7) is -0.404. The highest BCUT2D eigenvalue weighted by Gasteiger charge is 2.26. The van der Waals surface area contributed by atoms with E-state index < -0.39 is 22.9 Å². The Labute approximate surface area is 194 Å². The number of nitrogens with zero attached hydrogens (tertiary/aromatic N) is 3. The van der Waals surface area contributed by atoms with Gasteiger partial charge in [0.05, 0.1) is 13.2 Å². The fourth-order valence-electron chi connectivity index (χ4n) is 4.69. The molecule has 11 heteroatoms. The molecule has 1 aromatic heterocycles. The highest BCUT2D eigenvalue weighted by atomic mass is 32.2. The molecule has 3 amide bonds. The number of anilines is 1. The molecule has 33 heavy (non-hydrogen) atoms. The van der Waals surface area contributed by atoms with E-state index >= 15 is 0 Å². The van der Waals surface area contributed by atoms with Gasteiger partial charge in [0, 0.05) is 31.9 Å². The van der Waals surface area contributed by atoms with Crippen LogP contribution in [0.5, 0.6) is 0 Å². The Bertz CT molecular complexity index is 1060. The predicted octanol–water partition coefficient (Wildman–Crippen LogP) is 0.669. The second kappa shape index (κ2) is 10.0. The first-order valence-corrected chi connectivity index (χ1v) is 12.3. The number of rotatable bonds is 8. The summed E-state index contributed by atoms with van der Waals surface area (Å²) in [5.74, 6) is -0.462. The third kappa shape index (κ3) is 4.80. The van der Waals surface area contributed by atoms with Gasteiger partial charge in [-0.15, -0.1) is 0 Å². The Morgan fingerprint density at radius 1 is 1.06 bits per heavy atom. The molecular weight excluding hydrogens is 446 g/mol. The molecule has 1 atom stereocenters. The lowest BCUT2D eigenvalue weighted by molar-refractivity contribution is 0.0674. The average Bonchev–Trinajstić information content (AvgIpc) is 3.52. The van der Waals surface area contributed by atoms with E-state index in [0.29, 0.717) is 0 Å². The molecule has 4 rings (SSSR count). The molecular formula is C22H29N5O5S. The highest BCUT2D eigenvalue weighted by molar-refractivity contribution is 7.83. The van der Waals surface area contributed by atoms with Crippen LogP contribution in [-0.2, 0) is 43.7 Å². The Morgan fingerprint density at radius 3 is 2.24 bits per heavy atom. The Balaban J connectivity index is 1.47. The van der Waals surface area contributed by atoms with Crippen LogP contribution >= 0.6 is 0 Å². The first-order valence-electron chi connectivity index (χ1n) is 11.1. The number of aliphatic hydroxyl groups is 2. The van der Waals surface area contributed by atoms with Gasteiger partial charge in [-0.25, -0.2) is 9.00 Å². The lowest BCUT2D eigenvalue weighted by atomic mass is 9.99. The molecule has 0 saturated carbocycles. The molecule has 0 fully saturated rings. The molecule has 1 unspecified atom stereocenters. The number of urea groups is 1. The van der Waals surface area contributed by atoms with E-state index in [1.165, 1.54) is 44.9 Å². The number of fused-ring (bicyclic) bond motifs is 2. The lowest BCUT2D eigenvalue weighted by Crippen LogP contribution is -2.36. The number of aromatic nitrogens is 2. The summed E-state index contributed by atoms with van der Waals surface area (Å²) >= 11 is 0. The highest BCUT2D eigenvalue weighted by Crippen LogP contribution is 2.38. The predicted molar refractivity (Wildman–Crippen MR) is 122 cm³/mol. The van der Waals surface area contributed by atoms with Gasteiger partial charge < -0.3 is 20.4 Å². The molecule has 0 bridgehead atoms. The van der Waals surface area contributed by atoms with Gasteiger partial charge >= 0.3 is 6.03 Å². The summed E-state index contributed by atoms with van der Waals surface area (Å²) < 4.78 is 16.5. The summed E-state index contributed by atoms with van der Waals surface area (Å²) in [6, 6.07) is 3.04.